The molecule has 0 aliphatic rings. The van der Waals surface area contributed by atoms with Crippen LogP contribution in [0.15, 0.2) is 95.6 Å². The normalized spacial score (nSPS) is 10.8. The van der Waals surface area contributed by atoms with Gasteiger partial charge in [-0.3, -0.25) is 4.79 Å². The number of aromatic nitrogens is 1. The van der Waals surface area contributed by atoms with Gasteiger partial charge in [0.2, 0.25) is 0 Å². The van der Waals surface area contributed by atoms with Crippen molar-refractivity contribution in [2.24, 2.45) is 0 Å². The average Bonchev–Trinajstić information content (AvgIpc) is 3.05. The maximum absolute atomic E-state index is 13.4. The average molecular weight is 430 g/mol. The van der Waals surface area contributed by atoms with E-state index in [0.29, 0.717) is 5.56 Å². The zero-order chi connectivity index (χ0) is 19.5. The van der Waals surface area contributed by atoms with Crippen LogP contribution in [0.2, 0.25) is 0 Å². The Morgan fingerprint density at radius 2 is 1.57 bits per heavy atom. The lowest BCUT2D eigenvalue weighted by molar-refractivity contribution is 0.103. The molecule has 3 heteroatoms. The number of hydrogen-bond donors (Lipinski definition) is 0. The molecular formula is C25H20BrNO. The van der Waals surface area contributed by atoms with Crippen LogP contribution in [0.25, 0.3) is 11.1 Å². The molecule has 0 bridgehead atoms. The Kier molecular flexibility index (Phi) is 5.27. The Morgan fingerprint density at radius 1 is 0.893 bits per heavy atom. The Balaban J connectivity index is 1.86. The molecule has 0 amide bonds. The molecule has 4 rings (SSSR count). The van der Waals surface area contributed by atoms with Crippen molar-refractivity contribution in [3.8, 4) is 11.1 Å². The van der Waals surface area contributed by atoms with Crippen LogP contribution < -0.4 is 0 Å². The van der Waals surface area contributed by atoms with E-state index in [1.54, 1.807) is 0 Å². The molecule has 0 fully saturated rings. The SMILES string of the molecule is Cc1c(C(=O)c2ccccc2)c(-c2cccc(Br)c2)cn1Cc1ccccc1. The van der Waals surface area contributed by atoms with Crippen molar-refractivity contribution in [1.82, 2.24) is 4.57 Å². The molecule has 3 aromatic carbocycles. The molecule has 1 aromatic heterocycles. The summed E-state index contributed by atoms with van der Waals surface area (Å²) in [5.74, 6) is 0.0555. The number of rotatable bonds is 5. The van der Waals surface area contributed by atoms with Crippen molar-refractivity contribution in [2.45, 2.75) is 13.5 Å². The third-order valence-corrected chi connectivity index (χ3v) is 5.43. The first kappa shape index (κ1) is 18.5. The molecule has 0 atom stereocenters. The van der Waals surface area contributed by atoms with Gasteiger partial charge < -0.3 is 4.57 Å². The summed E-state index contributed by atoms with van der Waals surface area (Å²) >= 11 is 3.55. The highest BCUT2D eigenvalue weighted by molar-refractivity contribution is 9.10. The lowest BCUT2D eigenvalue weighted by Crippen LogP contribution is -2.06. The highest BCUT2D eigenvalue weighted by atomic mass is 79.9. The standard InChI is InChI=1S/C25H20BrNO/c1-18-24(25(28)20-11-6-3-7-12-20)23(21-13-8-14-22(26)15-21)17-27(18)16-19-9-4-2-5-10-19/h2-15,17H,16H2,1H3. The lowest BCUT2D eigenvalue weighted by Gasteiger charge is -2.08. The molecule has 0 radical (unpaired) electrons. The molecular weight excluding hydrogens is 410 g/mol. The fourth-order valence-corrected chi connectivity index (χ4v) is 3.89. The van der Waals surface area contributed by atoms with Gasteiger partial charge >= 0.3 is 0 Å². The lowest BCUT2D eigenvalue weighted by atomic mass is 9.96. The molecule has 0 saturated heterocycles. The molecule has 28 heavy (non-hydrogen) atoms. The summed E-state index contributed by atoms with van der Waals surface area (Å²) in [5, 5.41) is 0. The number of nitrogens with zero attached hydrogens (tertiary/aromatic N) is 1. The molecule has 0 N–H and O–H groups in total. The summed E-state index contributed by atoms with van der Waals surface area (Å²) in [5.41, 5.74) is 5.65. The number of ketones is 1. The summed E-state index contributed by atoms with van der Waals surface area (Å²) < 4.78 is 3.17. The van der Waals surface area contributed by atoms with E-state index in [0.717, 1.165) is 33.4 Å². The van der Waals surface area contributed by atoms with Gasteiger partial charge in [-0.25, -0.2) is 0 Å². The van der Waals surface area contributed by atoms with Gasteiger partial charge in [0.25, 0.3) is 0 Å². The van der Waals surface area contributed by atoms with Crippen molar-refractivity contribution in [3.63, 3.8) is 0 Å². The first-order valence-corrected chi connectivity index (χ1v) is 10.0. The second kappa shape index (κ2) is 7.99. The van der Waals surface area contributed by atoms with Crippen LogP contribution in [0, 0.1) is 6.92 Å². The van der Waals surface area contributed by atoms with Crippen molar-refractivity contribution in [3.05, 3.63) is 118 Å². The minimum atomic E-state index is 0.0555. The van der Waals surface area contributed by atoms with Gasteiger partial charge in [0.15, 0.2) is 5.78 Å². The predicted octanol–water partition coefficient (Wildman–Crippen LogP) is 6.51. The van der Waals surface area contributed by atoms with E-state index in [-0.39, 0.29) is 5.78 Å². The predicted molar refractivity (Wildman–Crippen MR) is 118 cm³/mol. The zero-order valence-electron chi connectivity index (χ0n) is 15.6. The maximum atomic E-state index is 13.4. The summed E-state index contributed by atoms with van der Waals surface area (Å²) in [6.07, 6.45) is 2.10. The number of carbonyl (C=O) groups is 1. The van der Waals surface area contributed by atoms with Gasteiger partial charge in [0.1, 0.15) is 0 Å². The largest absolute Gasteiger partial charge is 0.346 e. The summed E-state index contributed by atoms with van der Waals surface area (Å²) in [4.78, 5) is 13.4. The molecule has 0 spiro atoms. The molecule has 4 aromatic rings. The Hall–Kier alpha value is -2.91. The van der Waals surface area contributed by atoms with Crippen molar-refractivity contribution < 1.29 is 4.79 Å². The Labute approximate surface area is 173 Å². The van der Waals surface area contributed by atoms with Crippen molar-refractivity contribution >= 4 is 21.7 Å². The van der Waals surface area contributed by atoms with Gasteiger partial charge in [-0.05, 0) is 30.2 Å². The van der Waals surface area contributed by atoms with Crippen LogP contribution >= 0.6 is 15.9 Å². The third-order valence-electron chi connectivity index (χ3n) is 4.94. The minimum absolute atomic E-state index is 0.0555. The van der Waals surface area contributed by atoms with E-state index >= 15 is 0 Å². The minimum Gasteiger partial charge on any atom is -0.346 e. The summed E-state index contributed by atoms with van der Waals surface area (Å²) in [7, 11) is 0. The van der Waals surface area contributed by atoms with Crippen LogP contribution in [0.4, 0.5) is 0 Å². The smallest absolute Gasteiger partial charge is 0.195 e. The van der Waals surface area contributed by atoms with E-state index in [2.05, 4.69) is 44.9 Å². The summed E-state index contributed by atoms with van der Waals surface area (Å²) in [6.45, 7) is 2.76. The molecule has 1 heterocycles. The third kappa shape index (κ3) is 3.71. The zero-order valence-corrected chi connectivity index (χ0v) is 17.2. The van der Waals surface area contributed by atoms with Crippen LogP contribution in [0.5, 0.6) is 0 Å². The molecule has 0 unspecified atom stereocenters. The number of hydrogen-bond acceptors (Lipinski definition) is 1. The van der Waals surface area contributed by atoms with Gasteiger partial charge in [0.05, 0.1) is 5.56 Å². The van der Waals surface area contributed by atoms with Crippen LogP contribution in [-0.4, -0.2) is 10.4 Å². The van der Waals surface area contributed by atoms with Crippen molar-refractivity contribution in [2.75, 3.05) is 0 Å². The highest BCUT2D eigenvalue weighted by Gasteiger charge is 2.22. The van der Waals surface area contributed by atoms with Gasteiger partial charge in [-0.2, -0.15) is 0 Å². The molecule has 0 saturated carbocycles. The Bertz CT molecular complexity index is 1110. The number of benzene rings is 3. The van der Waals surface area contributed by atoms with E-state index < -0.39 is 0 Å². The van der Waals surface area contributed by atoms with Crippen LogP contribution in [0.1, 0.15) is 27.2 Å². The molecule has 0 aliphatic heterocycles. The van der Waals surface area contributed by atoms with Gasteiger partial charge in [-0.15, -0.1) is 0 Å². The number of halogens is 1. The van der Waals surface area contributed by atoms with E-state index in [4.69, 9.17) is 0 Å². The fraction of sp³-hybridized carbons (Fsp3) is 0.0800. The first-order valence-electron chi connectivity index (χ1n) is 9.23. The number of carbonyl (C=O) groups excluding carboxylic acids is 1. The van der Waals surface area contributed by atoms with Crippen molar-refractivity contribution in [1.29, 1.82) is 0 Å². The molecule has 138 valence electrons. The first-order chi connectivity index (χ1) is 13.6. The monoisotopic (exact) mass is 429 g/mol. The molecule has 2 nitrogen and oxygen atoms in total. The molecule has 0 aliphatic carbocycles. The van der Waals surface area contributed by atoms with E-state index in [1.165, 1.54) is 5.56 Å². The fourth-order valence-electron chi connectivity index (χ4n) is 3.50. The van der Waals surface area contributed by atoms with Crippen LogP contribution in [-0.2, 0) is 6.54 Å². The van der Waals surface area contributed by atoms with E-state index in [1.807, 2.05) is 73.7 Å². The van der Waals surface area contributed by atoms with Gasteiger partial charge in [-0.1, -0.05) is 88.7 Å². The van der Waals surface area contributed by atoms with Gasteiger partial charge in [0, 0.05) is 34.0 Å². The quantitative estimate of drug-likeness (QED) is 0.331. The highest BCUT2D eigenvalue weighted by Crippen LogP contribution is 2.32. The summed E-state index contributed by atoms with van der Waals surface area (Å²) in [6, 6.07) is 27.9. The van der Waals surface area contributed by atoms with E-state index in [9.17, 15) is 4.79 Å². The Morgan fingerprint density at radius 3 is 2.25 bits per heavy atom. The maximum Gasteiger partial charge on any atom is 0.195 e. The second-order valence-electron chi connectivity index (χ2n) is 6.82. The van der Waals surface area contributed by atoms with Crippen LogP contribution in [0.3, 0.4) is 0 Å². The topological polar surface area (TPSA) is 22.0 Å². The second-order valence-corrected chi connectivity index (χ2v) is 7.74.